The summed E-state index contributed by atoms with van der Waals surface area (Å²) < 4.78 is 10.3. The molecule has 1 unspecified atom stereocenters. The molecule has 2 aromatic heterocycles. The van der Waals surface area contributed by atoms with Crippen LogP contribution in [0.4, 0.5) is 0 Å². The third-order valence-corrected chi connectivity index (χ3v) is 3.69. The molecule has 1 amide bonds. The van der Waals surface area contributed by atoms with Gasteiger partial charge in [0.05, 0.1) is 11.8 Å². The zero-order valence-electron chi connectivity index (χ0n) is 10.3. The Morgan fingerprint density at radius 1 is 1.50 bits per heavy atom. The second-order valence-electron chi connectivity index (χ2n) is 3.89. The zero-order valence-corrected chi connectivity index (χ0v) is 11.1. The van der Waals surface area contributed by atoms with E-state index in [4.69, 9.17) is 9.15 Å². The predicted octanol–water partition coefficient (Wildman–Crippen LogP) is 2.77. The molecule has 2 aromatic rings. The van der Waals surface area contributed by atoms with Gasteiger partial charge in [-0.05, 0) is 25.1 Å². The van der Waals surface area contributed by atoms with E-state index in [9.17, 15) is 4.79 Å². The van der Waals surface area contributed by atoms with Gasteiger partial charge in [0, 0.05) is 23.4 Å². The van der Waals surface area contributed by atoms with Gasteiger partial charge in [0.1, 0.15) is 12.4 Å². The standard InChI is InChI=1S/C13H15NO3S/c1-9-3-4-12(18-9)11(16-2)7-14-13(15)10-5-6-17-8-10/h3-6,8,11H,7H2,1-2H3,(H,14,15). The van der Waals surface area contributed by atoms with E-state index in [0.29, 0.717) is 12.1 Å². The molecule has 2 heterocycles. The highest BCUT2D eigenvalue weighted by atomic mass is 32.1. The summed E-state index contributed by atoms with van der Waals surface area (Å²) >= 11 is 1.67. The predicted molar refractivity (Wildman–Crippen MR) is 69.8 cm³/mol. The molecule has 4 nitrogen and oxygen atoms in total. The Labute approximate surface area is 110 Å². The molecule has 1 N–H and O–H groups in total. The number of amides is 1. The monoisotopic (exact) mass is 265 g/mol. The number of carbonyl (C=O) groups is 1. The lowest BCUT2D eigenvalue weighted by Crippen LogP contribution is -2.28. The zero-order chi connectivity index (χ0) is 13.0. The number of furan rings is 1. The van der Waals surface area contributed by atoms with Crippen LogP contribution in [0.3, 0.4) is 0 Å². The molecule has 0 saturated carbocycles. The van der Waals surface area contributed by atoms with Crippen molar-refractivity contribution < 1.29 is 13.9 Å². The van der Waals surface area contributed by atoms with Crippen LogP contribution in [0.5, 0.6) is 0 Å². The highest BCUT2D eigenvalue weighted by Gasteiger charge is 2.14. The fourth-order valence-electron chi connectivity index (χ4n) is 1.61. The number of hydrogen-bond donors (Lipinski definition) is 1. The van der Waals surface area contributed by atoms with Gasteiger partial charge in [-0.2, -0.15) is 0 Å². The molecule has 96 valence electrons. The first-order valence-electron chi connectivity index (χ1n) is 5.60. The number of aryl methyl sites for hydroxylation is 1. The van der Waals surface area contributed by atoms with Crippen molar-refractivity contribution in [2.45, 2.75) is 13.0 Å². The summed E-state index contributed by atoms with van der Waals surface area (Å²) in [6.07, 6.45) is 2.79. The Kier molecular flexibility index (Phi) is 4.17. The van der Waals surface area contributed by atoms with Crippen LogP contribution in [0.2, 0.25) is 0 Å². The van der Waals surface area contributed by atoms with Crippen molar-refractivity contribution in [2.75, 3.05) is 13.7 Å². The average molecular weight is 265 g/mol. The molecule has 0 fully saturated rings. The number of nitrogens with one attached hydrogen (secondary N) is 1. The van der Waals surface area contributed by atoms with Crippen molar-refractivity contribution in [2.24, 2.45) is 0 Å². The summed E-state index contributed by atoms with van der Waals surface area (Å²) in [6.45, 7) is 2.49. The summed E-state index contributed by atoms with van der Waals surface area (Å²) in [5, 5.41) is 2.83. The van der Waals surface area contributed by atoms with Crippen LogP contribution in [-0.2, 0) is 4.74 Å². The molecule has 0 radical (unpaired) electrons. The maximum Gasteiger partial charge on any atom is 0.254 e. The van der Waals surface area contributed by atoms with Crippen molar-refractivity contribution in [3.05, 3.63) is 46.0 Å². The highest BCUT2D eigenvalue weighted by molar-refractivity contribution is 7.12. The molecule has 0 saturated heterocycles. The lowest BCUT2D eigenvalue weighted by Gasteiger charge is -2.14. The molecular weight excluding hydrogens is 250 g/mol. The molecule has 0 aliphatic rings. The van der Waals surface area contributed by atoms with Crippen LogP contribution in [0, 0.1) is 6.92 Å². The van der Waals surface area contributed by atoms with Crippen LogP contribution >= 0.6 is 11.3 Å². The normalized spacial score (nSPS) is 12.3. The third-order valence-electron chi connectivity index (χ3n) is 2.59. The second kappa shape index (κ2) is 5.84. The van der Waals surface area contributed by atoms with E-state index >= 15 is 0 Å². The van der Waals surface area contributed by atoms with Gasteiger partial charge in [-0.25, -0.2) is 0 Å². The van der Waals surface area contributed by atoms with Crippen molar-refractivity contribution in [3.8, 4) is 0 Å². The third kappa shape index (κ3) is 3.00. The summed E-state index contributed by atoms with van der Waals surface area (Å²) in [5.74, 6) is -0.154. The number of methoxy groups -OCH3 is 1. The van der Waals surface area contributed by atoms with Gasteiger partial charge < -0.3 is 14.5 Å². The molecule has 2 rings (SSSR count). The van der Waals surface area contributed by atoms with Gasteiger partial charge in [0.2, 0.25) is 0 Å². The Bertz CT molecular complexity index is 504. The van der Waals surface area contributed by atoms with E-state index < -0.39 is 0 Å². The fraction of sp³-hybridized carbons (Fsp3) is 0.308. The first-order chi connectivity index (χ1) is 8.70. The van der Waals surface area contributed by atoms with Crippen LogP contribution in [0.15, 0.2) is 35.1 Å². The van der Waals surface area contributed by atoms with E-state index in [1.807, 2.05) is 19.1 Å². The average Bonchev–Trinajstić information content (AvgIpc) is 3.01. The summed E-state index contributed by atoms with van der Waals surface area (Å²) in [6, 6.07) is 5.70. The molecule has 0 aliphatic heterocycles. The first kappa shape index (κ1) is 12.9. The molecule has 5 heteroatoms. The summed E-state index contributed by atoms with van der Waals surface area (Å²) in [7, 11) is 1.64. The van der Waals surface area contributed by atoms with E-state index in [-0.39, 0.29) is 12.0 Å². The number of hydrogen-bond acceptors (Lipinski definition) is 4. The van der Waals surface area contributed by atoms with Crippen LogP contribution in [0.1, 0.15) is 26.2 Å². The molecule has 0 aliphatic carbocycles. The van der Waals surface area contributed by atoms with Crippen molar-refractivity contribution in [1.82, 2.24) is 5.32 Å². The van der Waals surface area contributed by atoms with Crippen molar-refractivity contribution in [3.63, 3.8) is 0 Å². The van der Waals surface area contributed by atoms with Gasteiger partial charge in [-0.1, -0.05) is 0 Å². The molecular formula is C13H15NO3S. The van der Waals surface area contributed by atoms with E-state index in [1.54, 1.807) is 24.5 Å². The molecule has 18 heavy (non-hydrogen) atoms. The Balaban J connectivity index is 1.94. The minimum atomic E-state index is -0.154. The van der Waals surface area contributed by atoms with Gasteiger partial charge in [0.15, 0.2) is 0 Å². The Morgan fingerprint density at radius 3 is 2.89 bits per heavy atom. The first-order valence-corrected chi connectivity index (χ1v) is 6.42. The molecule has 0 spiro atoms. The van der Waals surface area contributed by atoms with E-state index in [1.165, 1.54) is 17.4 Å². The maximum absolute atomic E-state index is 11.7. The number of rotatable bonds is 5. The molecule has 1 atom stereocenters. The van der Waals surface area contributed by atoms with Gasteiger partial charge >= 0.3 is 0 Å². The van der Waals surface area contributed by atoms with Gasteiger partial charge in [0.25, 0.3) is 5.91 Å². The minimum absolute atomic E-state index is 0.112. The van der Waals surface area contributed by atoms with Gasteiger partial charge in [-0.3, -0.25) is 4.79 Å². The maximum atomic E-state index is 11.7. The van der Waals surface area contributed by atoms with Crippen LogP contribution < -0.4 is 5.32 Å². The highest BCUT2D eigenvalue weighted by Crippen LogP contribution is 2.24. The largest absolute Gasteiger partial charge is 0.472 e. The lowest BCUT2D eigenvalue weighted by molar-refractivity contribution is 0.0837. The van der Waals surface area contributed by atoms with Gasteiger partial charge in [-0.15, -0.1) is 11.3 Å². The van der Waals surface area contributed by atoms with Crippen molar-refractivity contribution in [1.29, 1.82) is 0 Å². The summed E-state index contributed by atoms with van der Waals surface area (Å²) in [5.41, 5.74) is 0.521. The smallest absolute Gasteiger partial charge is 0.254 e. The topological polar surface area (TPSA) is 51.5 Å². The molecule has 0 aromatic carbocycles. The summed E-state index contributed by atoms with van der Waals surface area (Å²) in [4.78, 5) is 14.1. The van der Waals surface area contributed by atoms with E-state index in [0.717, 1.165) is 4.88 Å². The second-order valence-corrected chi connectivity index (χ2v) is 5.21. The van der Waals surface area contributed by atoms with Crippen LogP contribution in [-0.4, -0.2) is 19.6 Å². The Morgan fingerprint density at radius 2 is 2.33 bits per heavy atom. The Hall–Kier alpha value is -1.59. The minimum Gasteiger partial charge on any atom is -0.472 e. The van der Waals surface area contributed by atoms with Crippen LogP contribution in [0.25, 0.3) is 0 Å². The number of thiophene rings is 1. The lowest BCUT2D eigenvalue weighted by atomic mass is 10.2. The number of ether oxygens (including phenoxy) is 1. The SMILES string of the molecule is COC(CNC(=O)c1ccoc1)c1ccc(C)s1. The van der Waals surface area contributed by atoms with Crippen molar-refractivity contribution >= 4 is 17.2 Å². The number of carbonyl (C=O) groups excluding carboxylic acids is 1. The fourth-order valence-corrected chi connectivity index (χ4v) is 2.56. The quantitative estimate of drug-likeness (QED) is 0.904. The molecule has 0 bridgehead atoms. The van der Waals surface area contributed by atoms with E-state index in [2.05, 4.69) is 5.32 Å².